The Labute approximate surface area is 131 Å². The number of amides is 1. The highest BCUT2D eigenvalue weighted by molar-refractivity contribution is 7.93. The third-order valence-electron chi connectivity index (χ3n) is 3.33. The van der Waals surface area contributed by atoms with Gasteiger partial charge < -0.3 is 10.0 Å². The number of benzene rings is 1. The predicted octanol–water partition coefficient (Wildman–Crippen LogP) is 1.70. The van der Waals surface area contributed by atoms with Gasteiger partial charge in [0.05, 0.1) is 20.5 Å². The lowest BCUT2D eigenvalue weighted by molar-refractivity contribution is -0.126. The molecule has 2 rings (SSSR count). The van der Waals surface area contributed by atoms with Gasteiger partial charge in [0.15, 0.2) is 9.84 Å². The van der Waals surface area contributed by atoms with Crippen molar-refractivity contribution in [3.8, 4) is 0 Å². The second-order valence-corrected chi connectivity index (χ2v) is 7.51. The Morgan fingerprint density at radius 3 is 2.48 bits per heavy atom. The molecule has 0 saturated carbocycles. The number of carboxylic acid groups (broad SMARTS) is 1. The zero-order valence-electron chi connectivity index (χ0n) is 10.8. The lowest BCUT2D eigenvalue weighted by Gasteiger charge is -2.14. The number of aromatic carboxylic acids is 1. The second-order valence-electron chi connectivity index (χ2n) is 4.62. The maximum absolute atomic E-state index is 12.5. The van der Waals surface area contributed by atoms with E-state index in [2.05, 4.69) is 0 Å². The first-order valence-corrected chi connectivity index (χ1v) is 8.18. The third kappa shape index (κ3) is 2.61. The van der Waals surface area contributed by atoms with Gasteiger partial charge in [0.25, 0.3) is 0 Å². The highest BCUT2D eigenvalue weighted by Crippen LogP contribution is 2.34. The minimum Gasteiger partial charge on any atom is -0.478 e. The van der Waals surface area contributed by atoms with E-state index >= 15 is 0 Å². The molecule has 6 nitrogen and oxygen atoms in total. The zero-order valence-corrected chi connectivity index (χ0v) is 13.2. The maximum atomic E-state index is 12.5. The van der Waals surface area contributed by atoms with Gasteiger partial charge in [-0.3, -0.25) is 4.79 Å². The Bertz CT molecular complexity index is 731. The number of hydrogen-bond acceptors (Lipinski definition) is 4. The second kappa shape index (κ2) is 5.47. The van der Waals surface area contributed by atoms with E-state index in [0.29, 0.717) is 6.54 Å². The first-order chi connectivity index (χ1) is 9.67. The summed E-state index contributed by atoms with van der Waals surface area (Å²) in [7, 11) is -2.57. The van der Waals surface area contributed by atoms with Gasteiger partial charge in [0, 0.05) is 13.6 Å². The number of rotatable bonds is 3. The van der Waals surface area contributed by atoms with Crippen LogP contribution in [0.3, 0.4) is 0 Å². The molecule has 1 aromatic rings. The SMILES string of the molecule is CN1CCC(S(=O)(=O)c2ccc(Cl)c(C(=O)O)c2Cl)C1=O. The number of hydrogen-bond donors (Lipinski definition) is 1. The van der Waals surface area contributed by atoms with E-state index in [1.165, 1.54) is 11.9 Å². The zero-order chi connectivity index (χ0) is 15.9. The highest BCUT2D eigenvalue weighted by atomic mass is 35.5. The van der Waals surface area contributed by atoms with E-state index in [9.17, 15) is 18.0 Å². The van der Waals surface area contributed by atoms with Crippen LogP contribution in [0.2, 0.25) is 10.0 Å². The van der Waals surface area contributed by atoms with E-state index in [1.54, 1.807) is 0 Å². The molecular weight excluding hydrogens is 341 g/mol. The molecule has 1 amide bonds. The Balaban J connectivity index is 2.59. The minimum absolute atomic E-state index is 0.138. The van der Waals surface area contributed by atoms with Crippen molar-refractivity contribution in [2.45, 2.75) is 16.6 Å². The minimum atomic E-state index is -4.07. The molecule has 0 spiro atoms. The number of carboxylic acids is 1. The summed E-state index contributed by atoms with van der Waals surface area (Å²) in [4.78, 5) is 23.9. The fourth-order valence-electron chi connectivity index (χ4n) is 2.18. The first kappa shape index (κ1) is 16.1. The van der Waals surface area contributed by atoms with Crippen LogP contribution in [-0.4, -0.2) is 49.1 Å². The summed E-state index contributed by atoms with van der Waals surface area (Å²) in [5.41, 5.74) is -0.488. The molecular formula is C12H11Cl2NO5S. The van der Waals surface area contributed by atoms with Gasteiger partial charge in [0.2, 0.25) is 5.91 Å². The van der Waals surface area contributed by atoms with E-state index in [1.807, 2.05) is 0 Å². The van der Waals surface area contributed by atoms with Crippen LogP contribution >= 0.6 is 23.2 Å². The fraction of sp³-hybridized carbons (Fsp3) is 0.333. The van der Waals surface area contributed by atoms with Crippen LogP contribution in [0.5, 0.6) is 0 Å². The van der Waals surface area contributed by atoms with Gasteiger partial charge in [-0.25, -0.2) is 13.2 Å². The van der Waals surface area contributed by atoms with Crippen molar-refractivity contribution in [2.24, 2.45) is 0 Å². The Hall–Kier alpha value is -1.31. The number of carbonyl (C=O) groups excluding carboxylic acids is 1. The Kier molecular flexibility index (Phi) is 4.19. The fourth-order valence-corrected chi connectivity index (χ4v) is 4.81. The molecule has 1 aliphatic heterocycles. The number of halogens is 2. The Morgan fingerprint density at radius 2 is 2.00 bits per heavy atom. The van der Waals surface area contributed by atoms with Crippen LogP contribution < -0.4 is 0 Å². The average molecular weight is 352 g/mol. The summed E-state index contributed by atoms with van der Waals surface area (Å²) >= 11 is 11.6. The number of likely N-dealkylation sites (tertiary alicyclic amines) is 1. The summed E-state index contributed by atoms with van der Waals surface area (Å²) in [6.45, 7) is 0.319. The molecule has 1 fully saturated rings. The lowest BCUT2D eigenvalue weighted by atomic mass is 10.2. The molecule has 1 heterocycles. The largest absolute Gasteiger partial charge is 0.478 e. The first-order valence-electron chi connectivity index (χ1n) is 5.88. The molecule has 1 aromatic carbocycles. The van der Waals surface area contributed by atoms with Crippen LogP contribution in [-0.2, 0) is 14.6 Å². The van der Waals surface area contributed by atoms with Gasteiger partial charge in [0.1, 0.15) is 5.25 Å². The molecule has 114 valence electrons. The monoisotopic (exact) mass is 351 g/mol. The van der Waals surface area contributed by atoms with Gasteiger partial charge >= 0.3 is 5.97 Å². The summed E-state index contributed by atoms with van der Waals surface area (Å²) in [5, 5.41) is 7.17. The molecule has 1 aliphatic rings. The van der Waals surface area contributed by atoms with Crippen molar-refractivity contribution < 1.29 is 23.1 Å². The Morgan fingerprint density at radius 1 is 1.38 bits per heavy atom. The quantitative estimate of drug-likeness (QED) is 0.894. The molecule has 1 saturated heterocycles. The lowest BCUT2D eigenvalue weighted by Crippen LogP contribution is -2.32. The van der Waals surface area contributed by atoms with Crippen LogP contribution in [0.25, 0.3) is 0 Å². The molecule has 9 heteroatoms. The van der Waals surface area contributed by atoms with E-state index in [0.717, 1.165) is 12.1 Å². The molecule has 21 heavy (non-hydrogen) atoms. The highest BCUT2D eigenvalue weighted by Gasteiger charge is 2.41. The van der Waals surface area contributed by atoms with Gasteiger partial charge in [-0.1, -0.05) is 23.2 Å². The van der Waals surface area contributed by atoms with Gasteiger partial charge in [-0.2, -0.15) is 0 Å². The summed E-state index contributed by atoms with van der Waals surface area (Å²) in [6.07, 6.45) is 0.138. The average Bonchev–Trinajstić information content (AvgIpc) is 2.69. The van der Waals surface area contributed by atoms with Crippen molar-refractivity contribution in [1.82, 2.24) is 4.90 Å². The molecule has 0 aromatic heterocycles. The molecule has 0 bridgehead atoms. The van der Waals surface area contributed by atoms with Crippen molar-refractivity contribution in [3.63, 3.8) is 0 Å². The van der Waals surface area contributed by atoms with Crippen molar-refractivity contribution in [2.75, 3.05) is 13.6 Å². The molecule has 0 aliphatic carbocycles. The van der Waals surface area contributed by atoms with Crippen LogP contribution in [0.4, 0.5) is 0 Å². The van der Waals surface area contributed by atoms with Crippen molar-refractivity contribution >= 4 is 44.9 Å². The van der Waals surface area contributed by atoms with Crippen LogP contribution in [0.1, 0.15) is 16.8 Å². The molecule has 1 unspecified atom stereocenters. The molecule has 1 atom stereocenters. The summed E-state index contributed by atoms with van der Waals surface area (Å²) < 4.78 is 25.1. The molecule has 0 radical (unpaired) electrons. The topological polar surface area (TPSA) is 91.8 Å². The summed E-state index contributed by atoms with van der Waals surface area (Å²) in [5.74, 6) is -1.96. The third-order valence-corrected chi connectivity index (χ3v) is 6.29. The smallest absolute Gasteiger partial charge is 0.338 e. The number of nitrogens with zero attached hydrogens (tertiary/aromatic N) is 1. The van der Waals surface area contributed by atoms with Crippen molar-refractivity contribution in [3.05, 3.63) is 27.7 Å². The predicted molar refractivity (Wildman–Crippen MR) is 76.6 cm³/mol. The van der Waals surface area contributed by atoms with E-state index < -0.39 is 37.5 Å². The summed E-state index contributed by atoms with van der Waals surface area (Å²) in [6, 6.07) is 2.27. The number of sulfone groups is 1. The van der Waals surface area contributed by atoms with Crippen molar-refractivity contribution in [1.29, 1.82) is 0 Å². The van der Waals surface area contributed by atoms with Crippen LogP contribution in [0.15, 0.2) is 17.0 Å². The standard InChI is InChI=1S/C12H11Cl2NO5S/c1-15-5-4-8(11(15)16)21(19,20)7-3-2-6(13)9(10(7)14)12(17)18/h2-3,8H,4-5H2,1H3,(H,17,18). The van der Waals surface area contributed by atoms with E-state index in [-0.39, 0.29) is 16.3 Å². The molecule has 1 N–H and O–H groups in total. The maximum Gasteiger partial charge on any atom is 0.338 e. The van der Waals surface area contributed by atoms with Gasteiger partial charge in [-0.15, -0.1) is 0 Å². The van der Waals surface area contributed by atoms with Crippen LogP contribution in [0, 0.1) is 0 Å². The van der Waals surface area contributed by atoms with E-state index in [4.69, 9.17) is 28.3 Å². The van der Waals surface area contributed by atoms with Gasteiger partial charge in [-0.05, 0) is 18.6 Å². The normalized spacial score (nSPS) is 19.1. The number of carbonyl (C=O) groups is 2.